The van der Waals surface area contributed by atoms with Gasteiger partial charge in [-0.15, -0.1) is 0 Å². The lowest BCUT2D eigenvalue weighted by atomic mass is 9.94. The van der Waals surface area contributed by atoms with Crippen LogP contribution < -0.4 is 10.1 Å². The van der Waals surface area contributed by atoms with Crippen LogP contribution in [0.3, 0.4) is 0 Å². The van der Waals surface area contributed by atoms with Gasteiger partial charge in [0.15, 0.2) is 5.78 Å². The third-order valence-electron chi connectivity index (χ3n) is 4.21. The van der Waals surface area contributed by atoms with Crippen molar-refractivity contribution in [1.82, 2.24) is 0 Å². The number of rotatable bonds is 7. The fraction of sp³-hybridized carbons (Fsp3) is 0.136. The summed E-state index contributed by atoms with van der Waals surface area (Å²) in [5.74, 6) is 0.424. The average molecular weight is 347 g/mol. The minimum absolute atomic E-state index is 0.319. The van der Waals surface area contributed by atoms with Crippen LogP contribution in [0, 0.1) is 0 Å². The summed E-state index contributed by atoms with van der Waals surface area (Å²) < 4.78 is 5.17. The van der Waals surface area contributed by atoms with Crippen molar-refractivity contribution in [3.05, 3.63) is 96.1 Å². The van der Waals surface area contributed by atoms with Crippen LogP contribution in [0.15, 0.2) is 84.9 Å². The van der Waals surface area contributed by atoms with Gasteiger partial charge in [-0.2, -0.15) is 0 Å². The number of Topliss-reactive ketones (excluding diaryl/α,β-unsaturated/α-hetero) is 1. The van der Waals surface area contributed by atoms with Gasteiger partial charge in [-0.05, 0) is 29.8 Å². The monoisotopic (exact) mass is 347 g/mol. The lowest BCUT2D eigenvalue weighted by molar-refractivity contribution is 0.0708. The number of nitrogens with one attached hydrogen (secondary N) is 1. The number of ether oxygens (including phenoxy) is 1. The van der Waals surface area contributed by atoms with E-state index in [0.717, 1.165) is 17.0 Å². The molecule has 3 rings (SSSR count). The zero-order valence-corrected chi connectivity index (χ0v) is 14.5. The fourth-order valence-corrected chi connectivity index (χ4v) is 2.80. The van der Waals surface area contributed by atoms with E-state index in [1.165, 1.54) is 0 Å². The van der Waals surface area contributed by atoms with E-state index >= 15 is 0 Å². The molecule has 0 saturated heterocycles. The molecule has 0 unspecified atom stereocenters. The molecule has 4 nitrogen and oxygen atoms in total. The summed E-state index contributed by atoms with van der Waals surface area (Å²) >= 11 is 0. The van der Waals surface area contributed by atoms with Gasteiger partial charge < -0.3 is 15.2 Å². The molecule has 0 fully saturated rings. The van der Waals surface area contributed by atoms with E-state index in [1.54, 1.807) is 31.4 Å². The molecule has 2 atom stereocenters. The summed E-state index contributed by atoms with van der Waals surface area (Å²) in [5.41, 5.74) is 2.11. The second-order valence-corrected chi connectivity index (χ2v) is 5.94. The Morgan fingerprint density at radius 1 is 0.885 bits per heavy atom. The van der Waals surface area contributed by atoms with Crippen molar-refractivity contribution in [2.75, 3.05) is 12.4 Å². The molecule has 0 heterocycles. The number of hydrogen-bond acceptors (Lipinski definition) is 4. The van der Waals surface area contributed by atoms with Gasteiger partial charge in [0.1, 0.15) is 11.9 Å². The highest BCUT2D eigenvalue weighted by atomic mass is 16.5. The topological polar surface area (TPSA) is 58.6 Å². The van der Waals surface area contributed by atoms with Crippen LogP contribution in [0.25, 0.3) is 0 Å². The maximum absolute atomic E-state index is 12.7. The second-order valence-electron chi connectivity index (χ2n) is 5.94. The Hall–Kier alpha value is -3.11. The first-order valence-corrected chi connectivity index (χ1v) is 8.42. The van der Waals surface area contributed by atoms with Crippen LogP contribution in [0.5, 0.6) is 5.75 Å². The van der Waals surface area contributed by atoms with Crippen LogP contribution in [-0.4, -0.2) is 24.1 Å². The van der Waals surface area contributed by atoms with E-state index in [0.29, 0.717) is 5.56 Å². The molecule has 0 aliphatic carbocycles. The minimum Gasteiger partial charge on any atom is -0.497 e. The normalized spacial score (nSPS) is 12.8. The Bertz CT molecular complexity index is 832. The van der Waals surface area contributed by atoms with Gasteiger partial charge in [-0.25, -0.2) is 0 Å². The number of methoxy groups -OCH3 is 1. The van der Waals surface area contributed by atoms with E-state index in [2.05, 4.69) is 5.32 Å². The summed E-state index contributed by atoms with van der Waals surface area (Å²) in [6.07, 6.45) is -1.22. The van der Waals surface area contributed by atoms with Crippen molar-refractivity contribution in [2.45, 2.75) is 12.1 Å². The van der Waals surface area contributed by atoms with E-state index < -0.39 is 12.1 Å². The van der Waals surface area contributed by atoms with Crippen LogP contribution in [-0.2, 0) is 0 Å². The Labute approximate surface area is 153 Å². The Morgan fingerprint density at radius 2 is 1.46 bits per heavy atom. The molecule has 0 aliphatic rings. The quantitative estimate of drug-likeness (QED) is 0.632. The standard InChI is InChI=1S/C22H21NO3/c1-26-19-14-12-18(13-15-19)23-20(16-8-4-2-5-9-16)22(25)21(24)17-10-6-3-7-11-17/h2-15,20,22-23,25H,1H3/t20-,22+/m0/s1. The van der Waals surface area contributed by atoms with E-state index in [9.17, 15) is 9.90 Å². The molecule has 0 aliphatic heterocycles. The van der Waals surface area contributed by atoms with Crippen molar-refractivity contribution >= 4 is 11.5 Å². The largest absolute Gasteiger partial charge is 0.497 e. The lowest BCUT2D eigenvalue weighted by Gasteiger charge is -2.25. The molecule has 0 saturated carbocycles. The predicted molar refractivity (Wildman–Crippen MR) is 103 cm³/mol. The Morgan fingerprint density at radius 3 is 2.04 bits per heavy atom. The molecule has 0 aromatic heterocycles. The number of aliphatic hydroxyl groups is 1. The van der Waals surface area contributed by atoms with Crippen molar-refractivity contribution < 1.29 is 14.6 Å². The third kappa shape index (κ3) is 4.10. The lowest BCUT2D eigenvalue weighted by Crippen LogP contribution is -2.33. The molecular formula is C22H21NO3. The first-order valence-electron chi connectivity index (χ1n) is 8.42. The van der Waals surface area contributed by atoms with Crippen molar-refractivity contribution in [1.29, 1.82) is 0 Å². The fourth-order valence-electron chi connectivity index (χ4n) is 2.80. The van der Waals surface area contributed by atoms with Gasteiger partial charge in [0, 0.05) is 11.3 Å². The molecule has 0 bridgehead atoms. The van der Waals surface area contributed by atoms with Crippen LogP contribution in [0.2, 0.25) is 0 Å². The molecule has 0 amide bonds. The molecule has 132 valence electrons. The number of hydrogen-bond donors (Lipinski definition) is 2. The van der Waals surface area contributed by atoms with E-state index in [4.69, 9.17) is 4.74 Å². The summed E-state index contributed by atoms with van der Waals surface area (Å²) in [5, 5.41) is 14.1. The van der Waals surface area contributed by atoms with Gasteiger partial charge in [-0.1, -0.05) is 60.7 Å². The zero-order valence-electron chi connectivity index (χ0n) is 14.5. The molecule has 3 aromatic rings. The summed E-state index contributed by atoms with van der Waals surface area (Å²) in [7, 11) is 1.61. The van der Waals surface area contributed by atoms with Crippen LogP contribution >= 0.6 is 0 Å². The summed E-state index contributed by atoms with van der Waals surface area (Å²) in [6.45, 7) is 0. The minimum atomic E-state index is -1.22. The smallest absolute Gasteiger partial charge is 0.193 e. The number of aliphatic hydroxyl groups excluding tert-OH is 1. The molecule has 26 heavy (non-hydrogen) atoms. The van der Waals surface area contributed by atoms with Crippen molar-refractivity contribution in [3.63, 3.8) is 0 Å². The van der Waals surface area contributed by atoms with Crippen molar-refractivity contribution in [3.8, 4) is 5.75 Å². The Kier molecular flexibility index (Phi) is 5.66. The number of benzene rings is 3. The third-order valence-corrected chi connectivity index (χ3v) is 4.21. The predicted octanol–water partition coefficient (Wildman–Crippen LogP) is 4.09. The van der Waals surface area contributed by atoms with Gasteiger partial charge in [-0.3, -0.25) is 4.79 Å². The molecule has 2 N–H and O–H groups in total. The second kappa shape index (κ2) is 8.32. The summed E-state index contributed by atoms with van der Waals surface area (Å²) in [6, 6.07) is 25.1. The maximum atomic E-state index is 12.7. The van der Waals surface area contributed by atoms with Crippen molar-refractivity contribution in [2.24, 2.45) is 0 Å². The number of anilines is 1. The van der Waals surface area contributed by atoms with Gasteiger partial charge in [0.2, 0.25) is 0 Å². The maximum Gasteiger partial charge on any atom is 0.193 e. The SMILES string of the molecule is COc1ccc(N[C@@H](c2ccccc2)[C@@H](O)C(=O)c2ccccc2)cc1. The average Bonchev–Trinajstić information content (AvgIpc) is 2.72. The van der Waals surface area contributed by atoms with Crippen LogP contribution in [0.4, 0.5) is 5.69 Å². The molecular weight excluding hydrogens is 326 g/mol. The first kappa shape index (κ1) is 17.7. The molecule has 0 radical (unpaired) electrons. The highest BCUT2D eigenvalue weighted by Gasteiger charge is 2.28. The number of carbonyl (C=O) groups is 1. The first-order chi connectivity index (χ1) is 12.7. The van der Waals surface area contributed by atoms with E-state index in [1.807, 2.05) is 60.7 Å². The molecule has 3 aromatic carbocycles. The van der Waals surface area contributed by atoms with E-state index in [-0.39, 0.29) is 5.78 Å². The molecule has 4 heteroatoms. The van der Waals surface area contributed by atoms with Crippen LogP contribution in [0.1, 0.15) is 22.0 Å². The number of carbonyl (C=O) groups excluding carboxylic acids is 1. The number of ketones is 1. The zero-order chi connectivity index (χ0) is 18.4. The van der Waals surface area contributed by atoms with Gasteiger partial charge >= 0.3 is 0 Å². The highest BCUT2D eigenvalue weighted by molar-refractivity contribution is 6.00. The highest BCUT2D eigenvalue weighted by Crippen LogP contribution is 2.26. The Balaban J connectivity index is 1.89. The summed E-state index contributed by atoms with van der Waals surface area (Å²) in [4.78, 5) is 12.7. The molecule has 0 spiro atoms. The van der Waals surface area contributed by atoms with Gasteiger partial charge in [0.05, 0.1) is 13.2 Å². The van der Waals surface area contributed by atoms with Gasteiger partial charge in [0.25, 0.3) is 0 Å².